The van der Waals surface area contributed by atoms with E-state index in [1.807, 2.05) is 0 Å². The van der Waals surface area contributed by atoms with Crippen LogP contribution in [0.4, 0.5) is 18.9 Å². The van der Waals surface area contributed by atoms with Gasteiger partial charge in [-0.25, -0.2) is 13.6 Å². The van der Waals surface area contributed by atoms with Gasteiger partial charge in [-0.3, -0.25) is 4.79 Å². The molecule has 0 aromatic heterocycles. The first-order valence-electron chi connectivity index (χ1n) is 7.90. The number of ether oxygens (including phenoxy) is 2. The van der Waals surface area contributed by atoms with Crippen LogP contribution in [0, 0.1) is 0 Å². The van der Waals surface area contributed by atoms with E-state index in [9.17, 15) is 26.4 Å². The van der Waals surface area contributed by atoms with Crippen LogP contribution in [-0.2, 0) is 20.9 Å². The second-order valence-corrected chi connectivity index (χ2v) is 8.11. The zero-order chi connectivity index (χ0) is 21.8. The molecule has 0 bridgehead atoms. The number of hydrogen-bond donors (Lipinski definition) is 2. The second-order valence-electron chi connectivity index (χ2n) is 5.69. The Kier molecular flexibility index (Phi) is 7.27. The van der Waals surface area contributed by atoms with Gasteiger partial charge >= 0.3 is 6.18 Å². The van der Waals surface area contributed by atoms with Crippen molar-refractivity contribution >= 4 is 37.5 Å². The summed E-state index contributed by atoms with van der Waals surface area (Å²) in [5.74, 6) is -0.875. The van der Waals surface area contributed by atoms with Gasteiger partial charge in [0.15, 0.2) is 0 Å². The zero-order valence-corrected chi connectivity index (χ0v) is 17.3. The molecular weight excluding hydrogens is 481 g/mol. The summed E-state index contributed by atoms with van der Waals surface area (Å²) >= 11 is 3.10. The topological polar surface area (TPSA) is 108 Å². The largest absolute Gasteiger partial charge is 0.489 e. The van der Waals surface area contributed by atoms with E-state index in [0.29, 0.717) is 0 Å². The molecule has 29 heavy (non-hydrogen) atoms. The van der Waals surface area contributed by atoms with Crippen LogP contribution in [0.3, 0.4) is 0 Å². The first-order valence-corrected chi connectivity index (χ1v) is 10.2. The highest BCUT2D eigenvalue weighted by Crippen LogP contribution is 2.35. The van der Waals surface area contributed by atoms with Crippen LogP contribution in [0.5, 0.6) is 5.75 Å². The van der Waals surface area contributed by atoms with Gasteiger partial charge in [0.25, 0.3) is 5.91 Å². The van der Waals surface area contributed by atoms with E-state index >= 15 is 0 Å². The fourth-order valence-corrected chi connectivity index (χ4v) is 3.18. The maximum atomic E-state index is 13.1. The number of alkyl halides is 3. The lowest BCUT2D eigenvalue weighted by Crippen LogP contribution is -2.17. The summed E-state index contributed by atoms with van der Waals surface area (Å²) in [6.45, 7) is 0.214. The predicted molar refractivity (Wildman–Crippen MR) is 102 cm³/mol. The molecule has 0 saturated carbocycles. The molecule has 1 amide bonds. The first-order chi connectivity index (χ1) is 13.4. The molecule has 0 unspecified atom stereocenters. The molecule has 0 heterocycles. The molecule has 0 atom stereocenters. The third-order valence-electron chi connectivity index (χ3n) is 3.61. The lowest BCUT2D eigenvalue weighted by molar-refractivity contribution is -0.137. The normalized spacial score (nSPS) is 11.9. The van der Waals surface area contributed by atoms with Crippen LogP contribution in [0.25, 0.3) is 0 Å². The number of carbonyl (C=O) groups excluding carboxylic acids is 1. The summed E-state index contributed by atoms with van der Waals surface area (Å²) in [6.07, 6.45) is -4.64. The summed E-state index contributed by atoms with van der Waals surface area (Å²) in [7, 11) is -2.66. The number of nitrogens with two attached hydrogens (primary N) is 1. The van der Waals surface area contributed by atoms with Crippen LogP contribution in [0.1, 0.15) is 15.9 Å². The van der Waals surface area contributed by atoms with E-state index in [-0.39, 0.29) is 39.6 Å². The molecule has 0 aliphatic carbocycles. The van der Waals surface area contributed by atoms with Gasteiger partial charge in [-0.2, -0.15) is 13.2 Å². The van der Waals surface area contributed by atoms with Gasteiger partial charge in [-0.05, 0) is 52.3 Å². The molecule has 0 fully saturated rings. The van der Waals surface area contributed by atoms with Gasteiger partial charge < -0.3 is 14.8 Å². The number of nitrogens with one attached hydrogen (secondary N) is 1. The Bertz CT molecular complexity index is 1010. The van der Waals surface area contributed by atoms with Crippen molar-refractivity contribution in [3.63, 3.8) is 0 Å². The molecule has 0 aliphatic heterocycles. The Morgan fingerprint density at radius 2 is 1.86 bits per heavy atom. The molecule has 0 saturated heterocycles. The standard InChI is InChI=1S/C17H16BrF3N2O5S/c1-27-6-7-28-15-5-2-10(17(19,20)21)8-14(15)23-16(24)12-9-11(29(22,25)26)3-4-13(12)18/h2-5,8-9H,6-7H2,1H3,(H,23,24)(H2,22,25,26). The summed E-state index contributed by atoms with van der Waals surface area (Å²) in [5.41, 5.74) is -1.38. The molecule has 2 rings (SSSR count). The molecule has 0 aliphatic rings. The number of halogens is 4. The summed E-state index contributed by atoms with van der Waals surface area (Å²) in [6, 6.07) is 6.08. The summed E-state index contributed by atoms with van der Waals surface area (Å²) in [5, 5.41) is 7.37. The van der Waals surface area contributed by atoms with Gasteiger partial charge in [-0.15, -0.1) is 0 Å². The average molecular weight is 497 g/mol. The Morgan fingerprint density at radius 1 is 1.17 bits per heavy atom. The van der Waals surface area contributed by atoms with Gasteiger partial charge in [0, 0.05) is 11.6 Å². The highest BCUT2D eigenvalue weighted by atomic mass is 79.9. The van der Waals surface area contributed by atoms with Crippen molar-refractivity contribution in [2.75, 3.05) is 25.6 Å². The third-order valence-corrected chi connectivity index (χ3v) is 5.21. The number of hydrogen-bond acceptors (Lipinski definition) is 5. The van der Waals surface area contributed by atoms with E-state index in [0.717, 1.165) is 24.3 Å². The number of sulfonamides is 1. The molecule has 2 aromatic carbocycles. The van der Waals surface area contributed by atoms with Crippen LogP contribution in [-0.4, -0.2) is 34.6 Å². The fourth-order valence-electron chi connectivity index (χ4n) is 2.21. The molecule has 0 spiro atoms. The molecule has 2 aromatic rings. The quantitative estimate of drug-likeness (QED) is 0.571. The van der Waals surface area contributed by atoms with E-state index in [1.165, 1.54) is 19.2 Å². The number of carbonyl (C=O) groups is 1. The molecule has 0 radical (unpaired) electrons. The lowest BCUT2D eigenvalue weighted by Gasteiger charge is -2.16. The van der Waals surface area contributed by atoms with Gasteiger partial charge in [-0.1, -0.05) is 0 Å². The van der Waals surface area contributed by atoms with Crippen LogP contribution in [0.15, 0.2) is 45.8 Å². The Labute approximate surface area is 173 Å². The van der Waals surface area contributed by atoms with E-state index in [1.54, 1.807) is 0 Å². The molecule has 7 nitrogen and oxygen atoms in total. The van der Waals surface area contributed by atoms with Gasteiger partial charge in [0.05, 0.1) is 28.3 Å². The Morgan fingerprint density at radius 3 is 2.45 bits per heavy atom. The maximum absolute atomic E-state index is 13.1. The highest BCUT2D eigenvalue weighted by molar-refractivity contribution is 9.10. The second kappa shape index (κ2) is 9.11. The van der Waals surface area contributed by atoms with Crippen molar-refractivity contribution in [3.8, 4) is 5.75 Å². The lowest BCUT2D eigenvalue weighted by atomic mass is 10.1. The van der Waals surface area contributed by atoms with Crippen LogP contribution in [0.2, 0.25) is 0 Å². The third kappa shape index (κ3) is 6.16. The zero-order valence-electron chi connectivity index (χ0n) is 14.9. The number of benzene rings is 2. The smallest absolute Gasteiger partial charge is 0.416 e. The van der Waals surface area contributed by atoms with E-state index in [2.05, 4.69) is 21.2 Å². The number of amides is 1. The average Bonchev–Trinajstić information content (AvgIpc) is 2.61. The van der Waals surface area contributed by atoms with Gasteiger partial charge in [0.1, 0.15) is 12.4 Å². The number of methoxy groups -OCH3 is 1. The number of rotatable bonds is 7. The van der Waals surface area contributed by atoms with Crippen molar-refractivity contribution in [2.45, 2.75) is 11.1 Å². The van der Waals surface area contributed by atoms with Crippen molar-refractivity contribution in [3.05, 3.63) is 52.0 Å². The van der Waals surface area contributed by atoms with E-state index in [4.69, 9.17) is 14.6 Å². The predicted octanol–water partition coefficient (Wildman–Crippen LogP) is 3.39. The minimum atomic E-state index is -4.64. The minimum absolute atomic E-state index is 0.0119. The fraction of sp³-hybridized carbons (Fsp3) is 0.235. The van der Waals surface area contributed by atoms with E-state index < -0.39 is 27.7 Å². The molecule has 12 heteroatoms. The van der Waals surface area contributed by atoms with Crippen molar-refractivity contribution in [2.24, 2.45) is 5.14 Å². The SMILES string of the molecule is COCCOc1ccc(C(F)(F)F)cc1NC(=O)c1cc(S(N)(=O)=O)ccc1Br. The van der Waals surface area contributed by atoms with Crippen molar-refractivity contribution < 1.29 is 35.9 Å². The van der Waals surface area contributed by atoms with Gasteiger partial charge in [0.2, 0.25) is 10.0 Å². The summed E-state index contributed by atoms with van der Waals surface area (Å²) < 4.78 is 72.6. The minimum Gasteiger partial charge on any atom is -0.489 e. The molecular formula is C17H16BrF3N2O5S. The summed E-state index contributed by atoms with van der Waals surface area (Å²) in [4.78, 5) is 12.3. The Hall–Kier alpha value is -2.15. The molecule has 3 N–H and O–H groups in total. The monoisotopic (exact) mass is 496 g/mol. The Balaban J connectivity index is 2.42. The van der Waals surface area contributed by atoms with Crippen LogP contribution >= 0.6 is 15.9 Å². The van der Waals surface area contributed by atoms with Crippen LogP contribution < -0.4 is 15.2 Å². The molecule has 158 valence electrons. The number of anilines is 1. The number of primary sulfonamides is 1. The maximum Gasteiger partial charge on any atom is 0.416 e. The first kappa shape index (κ1) is 23.1. The van der Waals surface area contributed by atoms with Crippen molar-refractivity contribution in [1.82, 2.24) is 0 Å². The highest BCUT2D eigenvalue weighted by Gasteiger charge is 2.31. The van der Waals surface area contributed by atoms with Crippen molar-refractivity contribution in [1.29, 1.82) is 0 Å².